The fourth-order valence-electron chi connectivity index (χ4n) is 3.64. The van der Waals surface area contributed by atoms with Crippen LogP contribution in [0.5, 0.6) is 5.75 Å². The summed E-state index contributed by atoms with van der Waals surface area (Å²) in [5, 5.41) is 2.96. The van der Waals surface area contributed by atoms with Crippen LogP contribution in [0.3, 0.4) is 0 Å². The molecule has 27 heavy (non-hydrogen) atoms. The Hall–Kier alpha value is -2.83. The van der Waals surface area contributed by atoms with Crippen LogP contribution in [0.4, 0.5) is 16.3 Å². The standard InChI is InChI=1S/C20H25N5O2/c1-15-13-21-9-6-17(15)23-20(26)25-12-7-16(14-25)27-18-5-4-8-22-19(18)24-10-2-3-11-24/h4-6,8-9,13,16H,2-3,7,10-12,14H2,1H3,(H,21,23,26). The molecule has 1 N–H and O–H groups in total. The minimum atomic E-state index is -0.0960. The van der Waals surface area contributed by atoms with Crippen molar-refractivity contribution < 1.29 is 9.53 Å². The van der Waals surface area contributed by atoms with Gasteiger partial charge in [-0.3, -0.25) is 4.98 Å². The quantitative estimate of drug-likeness (QED) is 0.899. The lowest BCUT2D eigenvalue weighted by Crippen LogP contribution is -2.34. The summed E-state index contributed by atoms with van der Waals surface area (Å²) in [4.78, 5) is 25.2. The summed E-state index contributed by atoms with van der Waals surface area (Å²) in [6, 6.07) is 5.60. The summed E-state index contributed by atoms with van der Waals surface area (Å²) in [5.41, 5.74) is 1.74. The van der Waals surface area contributed by atoms with Crippen LogP contribution in [0.2, 0.25) is 0 Å². The van der Waals surface area contributed by atoms with Crippen molar-refractivity contribution in [3.8, 4) is 5.75 Å². The molecular formula is C20H25N5O2. The van der Waals surface area contributed by atoms with Gasteiger partial charge in [-0.2, -0.15) is 0 Å². The van der Waals surface area contributed by atoms with E-state index in [0.717, 1.165) is 42.3 Å². The zero-order valence-corrected chi connectivity index (χ0v) is 15.6. The third-order valence-electron chi connectivity index (χ3n) is 5.14. The van der Waals surface area contributed by atoms with Crippen molar-refractivity contribution in [1.29, 1.82) is 0 Å². The van der Waals surface area contributed by atoms with Crippen LogP contribution in [-0.4, -0.2) is 53.2 Å². The summed E-state index contributed by atoms with van der Waals surface area (Å²) in [6.07, 6.45) is 8.43. The molecule has 0 aromatic carbocycles. The van der Waals surface area contributed by atoms with E-state index in [9.17, 15) is 4.79 Å². The summed E-state index contributed by atoms with van der Waals surface area (Å²) < 4.78 is 6.24. The Bertz CT molecular complexity index is 806. The number of aryl methyl sites for hydroxylation is 1. The van der Waals surface area contributed by atoms with Crippen molar-refractivity contribution in [3.63, 3.8) is 0 Å². The molecule has 2 aliphatic rings. The van der Waals surface area contributed by atoms with Gasteiger partial charge in [-0.15, -0.1) is 0 Å². The Balaban J connectivity index is 1.38. The van der Waals surface area contributed by atoms with E-state index in [4.69, 9.17) is 4.74 Å². The number of aromatic nitrogens is 2. The Morgan fingerprint density at radius 3 is 2.89 bits per heavy atom. The third-order valence-corrected chi connectivity index (χ3v) is 5.14. The lowest BCUT2D eigenvalue weighted by molar-refractivity contribution is 0.195. The fourth-order valence-corrected chi connectivity index (χ4v) is 3.64. The van der Waals surface area contributed by atoms with Crippen molar-refractivity contribution in [2.75, 3.05) is 36.4 Å². The molecule has 2 aliphatic heterocycles. The molecule has 4 heterocycles. The number of likely N-dealkylation sites (tertiary alicyclic amines) is 1. The number of pyridine rings is 2. The molecule has 2 aromatic heterocycles. The number of amides is 2. The van der Waals surface area contributed by atoms with Gasteiger partial charge in [-0.05, 0) is 43.5 Å². The Labute approximate surface area is 159 Å². The number of rotatable bonds is 4. The molecule has 0 bridgehead atoms. The van der Waals surface area contributed by atoms with Gasteiger partial charge in [0.2, 0.25) is 0 Å². The number of anilines is 2. The van der Waals surface area contributed by atoms with Crippen LogP contribution in [-0.2, 0) is 0 Å². The Kier molecular flexibility index (Phi) is 5.09. The number of nitrogens with one attached hydrogen (secondary N) is 1. The van der Waals surface area contributed by atoms with Crippen LogP contribution in [0, 0.1) is 6.92 Å². The molecule has 4 rings (SSSR count). The van der Waals surface area contributed by atoms with Crippen molar-refractivity contribution in [2.24, 2.45) is 0 Å². The van der Waals surface area contributed by atoms with Gasteiger partial charge in [-0.1, -0.05) is 0 Å². The summed E-state index contributed by atoms with van der Waals surface area (Å²) >= 11 is 0. The van der Waals surface area contributed by atoms with Gasteiger partial charge in [-0.25, -0.2) is 9.78 Å². The van der Waals surface area contributed by atoms with Crippen LogP contribution in [0.1, 0.15) is 24.8 Å². The first-order valence-corrected chi connectivity index (χ1v) is 9.54. The molecule has 7 nitrogen and oxygen atoms in total. The smallest absolute Gasteiger partial charge is 0.321 e. The SMILES string of the molecule is Cc1cnccc1NC(=O)N1CCC(Oc2cccnc2N2CCCC2)C1. The molecule has 0 saturated carbocycles. The monoisotopic (exact) mass is 367 g/mol. The van der Waals surface area contributed by atoms with E-state index in [-0.39, 0.29) is 12.1 Å². The molecule has 2 aromatic rings. The highest BCUT2D eigenvalue weighted by Gasteiger charge is 2.29. The Morgan fingerprint density at radius 1 is 1.22 bits per heavy atom. The van der Waals surface area contributed by atoms with Crippen LogP contribution in [0.25, 0.3) is 0 Å². The molecule has 7 heteroatoms. The number of carbonyl (C=O) groups is 1. The first-order valence-electron chi connectivity index (χ1n) is 9.54. The van der Waals surface area contributed by atoms with Crippen molar-refractivity contribution in [2.45, 2.75) is 32.3 Å². The molecule has 2 fully saturated rings. The number of nitrogens with zero attached hydrogens (tertiary/aromatic N) is 4. The normalized spacial score (nSPS) is 19.4. The number of urea groups is 1. The number of ether oxygens (including phenoxy) is 1. The summed E-state index contributed by atoms with van der Waals surface area (Å²) in [5.74, 6) is 1.74. The maximum atomic E-state index is 12.6. The van der Waals surface area contributed by atoms with E-state index >= 15 is 0 Å². The molecule has 2 saturated heterocycles. The van der Waals surface area contributed by atoms with Gasteiger partial charge >= 0.3 is 6.03 Å². The summed E-state index contributed by atoms with van der Waals surface area (Å²) in [6.45, 7) is 5.24. The largest absolute Gasteiger partial charge is 0.485 e. The number of hydrogen-bond acceptors (Lipinski definition) is 5. The second kappa shape index (κ2) is 7.82. The van der Waals surface area contributed by atoms with Gasteiger partial charge < -0.3 is 19.9 Å². The van der Waals surface area contributed by atoms with Crippen molar-refractivity contribution in [1.82, 2.24) is 14.9 Å². The molecule has 1 atom stereocenters. The topological polar surface area (TPSA) is 70.6 Å². The fraction of sp³-hybridized carbons (Fsp3) is 0.450. The van der Waals surface area contributed by atoms with E-state index in [1.165, 1.54) is 12.8 Å². The highest BCUT2D eigenvalue weighted by Crippen LogP contribution is 2.30. The molecule has 0 aliphatic carbocycles. The van der Waals surface area contributed by atoms with E-state index in [1.54, 1.807) is 17.3 Å². The van der Waals surface area contributed by atoms with E-state index in [2.05, 4.69) is 20.2 Å². The maximum absolute atomic E-state index is 12.6. The highest BCUT2D eigenvalue weighted by molar-refractivity contribution is 5.90. The Morgan fingerprint density at radius 2 is 2.07 bits per heavy atom. The summed E-state index contributed by atoms with van der Waals surface area (Å²) in [7, 11) is 0. The molecule has 2 amide bonds. The van der Waals surface area contributed by atoms with E-state index in [0.29, 0.717) is 13.1 Å². The van der Waals surface area contributed by atoms with Gasteiger partial charge in [0.15, 0.2) is 11.6 Å². The van der Waals surface area contributed by atoms with E-state index < -0.39 is 0 Å². The lowest BCUT2D eigenvalue weighted by atomic mass is 10.2. The number of hydrogen-bond donors (Lipinski definition) is 1. The second-order valence-electron chi connectivity index (χ2n) is 7.11. The predicted octanol–water partition coefficient (Wildman–Crippen LogP) is 3.07. The van der Waals surface area contributed by atoms with Crippen molar-refractivity contribution >= 4 is 17.5 Å². The molecule has 0 spiro atoms. The highest BCUT2D eigenvalue weighted by atomic mass is 16.5. The number of carbonyl (C=O) groups excluding carboxylic acids is 1. The zero-order valence-electron chi connectivity index (χ0n) is 15.6. The van der Waals surface area contributed by atoms with Crippen LogP contribution in [0.15, 0.2) is 36.8 Å². The minimum absolute atomic E-state index is 0.0140. The first-order chi connectivity index (χ1) is 13.2. The lowest BCUT2D eigenvalue weighted by Gasteiger charge is -2.22. The van der Waals surface area contributed by atoms with Gasteiger partial charge in [0, 0.05) is 50.3 Å². The molecular weight excluding hydrogens is 342 g/mol. The molecule has 0 radical (unpaired) electrons. The van der Waals surface area contributed by atoms with Crippen LogP contribution < -0.4 is 15.0 Å². The molecule has 1 unspecified atom stereocenters. The van der Waals surface area contributed by atoms with Gasteiger partial charge in [0.25, 0.3) is 0 Å². The van der Waals surface area contributed by atoms with Crippen molar-refractivity contribution in [3.05, 3.63) is 42.4 Å². The maximum Gasteiger partial charge on any atom is 0.321 e. The average Bonchev–Trinajstić information content (AvgIpc) is 3.36. The second-order valence-corrected chi connectivity index (χ2v) is 7.11. The predicted molar refractivity (Wildman–Crippen MR) is 104 cm³/mol. The minimum Gasteiger partial charge on any atom is -0.485 e. The zero-order chi connectivity index (χ0) is 18.6. The first kappa shape index (κ1) is 17.6. The average molecular weight is 367 g/mol. The van der Waals surface area contributed by atoms with Gasteiger partial charge in [0.05, 0.1) is 6.54 Å². The molecule has 142 valence electrons. The van der Waals surface area contributed by atoms with E-state index in [1.807, 2.05) is 31.3 Å². The van der Waals surface area contributed by atoms with Crippen LogP contribution >= 0.6 is 0 Å². The third kappa shape index (κ3) is 3.97. The van der Waals surface area contributed by atoms with Gasteiger partial charge in [0.1, 0.15) is 6.10 Å².